The molecule has 0 saturated carbocycles. The molecule has 3 aliphatic rings. The van der Waals surface area contributed by atoms with E-state index in [0.29, 0.717) is 58.4 Å². The van der Waals surface area contributed by atoms with Crippen LogP contribution in [-0.4, -0.2) is 67.0 Å². The summed E-state index contributed by atoms with van der Waals surface area (Å²) in [6, 6.07) is 1.76. The van der Waals surface area contributed by atoms with Crippen molar-refractivity contribution < 1.29 is 19.1 Å². The van der Waals surface area contributed by atoms with Crippen LogP contribution in [0, 0.1) is 11.8 Å². The molecule has 0 N–H and O–H groups in total. The molecule has 176 valence electrons. The molecule has 7 nitrogen and oxygen atoms in total. The lowest BCUT2D eigenvalue weighted by Gasteiger charge is -2.34. The molecule has 0 spiro atoms. The number of fused-ring (bicyclic) bond motifs is 1. The van der Waals surface area contributed by atoms with Gasteiger partial charge >= 0.3 is 0 Å². The van der Waals surface area contributed by atoms with Gasteiger partial charge in [-0.3, -0.25) is 14.4 Å². The molecule has 4 rings (SSSR count). The number of halogens is 2. The lowest BCUT2D eigenvalue weighted by Crippen LogP contribution is -2.43. The number of carbonyl (C=O) groups is 3. The van der Waals surface area contributed by atoms with E-state index in [1.807, 2.05) is 13.0 Å². The summed E-state index contributed by atoms with van der Waals surface area (Å²) in [5, 5.41) is 0.760. The van der Waals surface area contributed by atoms with Crippen LogP contribution >= 0.6 is 23.2 Å². The van der Waals surface area contributed by atoms with Crippen LogP contribution in [0.25, 0.3) is 0 Å². The van der Waals surface area contributed by atoms with E-state index in [-0.39, 0.29) is 30.2 Å². The van der Waals surface area contributed by atoms with Gasteiger partial charge in [-0.1, -0.05) is 28.8 Å². The highest BCUT2D eigenvalue weighted by atomic mass is 35.5. The fourth-order valence-electron chi connectivity index (χ4n) is 5.06. The van der Waals surface area contributed by atoms with Crippen molar-refractivity contribution in [2.45, 2.75) is 32.8 Å². The van der Waals surface area contributed by atoms with Crippen LogP contribution in [0.3, 0.4) is 0 Å². The fraction of sp³-hybridized carbons (Fsp3) is 0.500. The van der Waals surface area contributed by atoms with Crippen LogP contribution in [0.5, 0.6) is 0 Å². The van der Waals surface area contributed by atoms with Crippen LogP contribution in [0.4, 0.5) is 0 Å². The third-order valence-electron chi connectivity index (χ3n) is 6.81. The summed E-state index contributed by atoms with van der Waals surface area (Å²) in [5.74, 6) is -1.02. The normalized spacial score (nSPS) is 24.1. The van der Waals surface area contributed by atoms with Crippen molar-refractivity contribution >= 4 is 46.6 Å². The van der Waals surface area contributed by atoms with Crippen molar-refractivity contribution in [2.24, 2.45) is 16.8 Å². The van der Waals surface area contributed by atoms with Crippen molar-refractivity contribution in [3.8, 4) is 0 Å². The minimum absolute atomic E-state index is 0.0444. The van der Waals surface area contributed by atoms with E-state index < -0.39 is 12.0 Å². The number of allylic oxidation sites excluding steroid dienone is 1. The number of carbonyl (C=O) groups excluding carboxylic acids is 3. The summed E-state index contributed by atoms with van der Waals surface area (Å²) >= 11 is 13.4. The van der Waals surface area contributed by atoms with E-state index in [9.17, 15) is 14.4 Å². The number of benzene rings is 1. The minimum atomic E-state index is -0.472. The highest BCUT2D eigenvalue weighted by Crippen LogP contribution is 2.42. The number of dihydropyridines is 1. The SMILES string of the molecule is COC(c1cc(Cl)c2c(c1Cl)C(=O)N(CC1C(=O)N=C(C)C=C1C)CC2)C1CC(=O)N(C)C1. The minimum Gasteiger partial charge on any atom is -0.376 e. The fourth-order valence-corrected chi connectivity index (χ4v) is 5.73. The molecule has 1 saturated heterocycles. The molecule has 1 aromatic carbocycles. The molecular weight excluding hydrogens is 465 g/mol. The highest BCUT2D eigenvalue weighted by Gasteiger charge is 2.39. The summed E-state index contributed by atoms with van der Waals surface area (Å²) < 4.78 is 5.75. The average Bonchev–Trinajstić information content (AvgIpc) is 3.07. The second-order valence-corrected chi connectivity index (χ2v) is 9.83. The number of amides is 3. The summed E-state index contributed by atoms with van der Waals surface area (Å²) in [4.78, 5) is 45.5. The molecule has 3 unspecified atom stereocenters. The number of nitrogens with zero attached hydrogens (tertiary/aromatic N) is 3. The largest absolute Gasteiger partial charge is 0.376 e. The molecule has 0 radical (unpaired) electrons. The first kappa shape index (κ1) is 23.9. The summed E-state index contributed by atoms with van der Waals surface area (Å²) in [6.07, 6.45) is 2.28. The zero-order chi connectivity index (χ0) is 24.0. The van der Waals surface area contributed by atoms with Gasteiger partial charge in [-0.05, 0) is 38.0 Å². The summed E-state index contributed by atoms with van der Waals surface area (Å²) in [6.45, 7) is 4.89. The Morgan fingerprint density at radius 3 is 2.58 bits per heavy atom. The van der Waals surface area contributed by atoms with Crippen molar-refractivity contribution in [1.82, 2.24) is 9.80 Å². The number of rotatable bonds is 5. The molecule has 33 heavy (non-hydrogen) atoms. The van der Waals surface area contributed by atoms with Crippen LogP contribution in [0.1, 0.15) is 47.9 Å². The topological polar surface area (TPSA) is 79.3 Å². The molecule has 0 aromatic heterocycles. The van der Waals surface area contributed by atoms with E-state index in [4.69, 9.17) is 27.9 Å². The standard InChI is InChI=1S/C24H27Cl2N3O4/c1-12-7-13(2)27-23(31)17(12)11-29-6-5-15-18(25)9-16(21(26)20(15)24(29)32)22(33-4)14-8-19(30)28(3)10-14/h7,9,14,17,22H,5-6,8,10-11H2,1-4H3. The molecule has 3 heterocycles. The van der Waals surface area contributed by atoms with Gasteiger partial charge < -0.3 is 14.5 Å². The molecule has 0 aliphatic carbocycles. The number of hydrogen-bond acceptors (Lipinski definition) is 4. The van der Waals surface area contributed by atoms with Crippen molar-refractivity contribution in [3.05, 3.63) is 44.5 Å². The molecule has 3 amide bonds. The van der Waals surface area contributed by atoms with E-state index in [0.717, 1.165) is 5.57 Å². The van der Waals surface area contributed by atoms with Crippen molar-refractivity contribution in [2.75, 3.05) is 33.8 Å². The summed E-state index contributed by atoms with van der Waals surface area (Å²) in [5.41, 5.74) is 3.23. The van der Waals surface area contributed by atoms with Gasteiger partial charge in [0.2, 0.25) is 5.91 Å². The zero-order valence-corrected chi connectivity index (χ0v) is 20.7. The quantitative estimate of drug-likeness (QED) is 0.628. The first-order valence-electron chi connectivity index (χ1n) is 11.0. The maximum Gasteiger partial charge on any atom is 0.255 e. The van der Waals surface area contributed by atoms with Gasteiger partial charge in [0.25, 0.3) is 11.8 Å². The first-order chi connectivity index (χ1) is 15.6. The second kappa shape index (κ2) is 9.20. The smallest absolute Gasteiger partial charge is 0.255 e. The van der Waals surface area contributed by atoms with Crippen LogP contribution in [0.15, 0.2) is 22.7 Å². The van der Waals surface area contributed by atoms with Crippen molar-refractivity contribution in [3.63, 3.8) is 0 Å². The molecule has 1 fully saturated rings. The van der Waals surface area contributed by atoms with E-state index >= 15 is 0 Å². The second-order valence-electron chi connectivity index (χ2n) is 9.04. The lowest BCUT2D eigenvalue weighted by molar-refractivity contribution is -0.126. The maximum atomic E-state index is 13.5. The number of aliphatic imine (C=N–C) groups is 1. The van der Waals surface area contributed by atoms with Crippen molar-refractivity contribution in [1.29, 1.82) is 0 Å². The average molecular weight is 492 g/mol. The number of hydrogen-bond donors (Lipinski definition) is 0. The molecule has 3 aliphatic heterocycles. The number of ether oxygens (including phenoxy) is 1. The highest BCUT2D eigenvalue weighted by molar-refractivity contribution is 6.37. The monoisotopic (exact) mass is 491 g/mol. The lowest BCUT2D eigenvalue weighted by atomic mass is 9.88. The Bertz CT molecular complexity index is 1100. The zero-order valence-electron chi connectivity index (χ0n) is 19.2. The van der Waals surface area contributed by atoms with Crippen LogP contribution in [-0.2, 0) is 20.7 Å². The third-order valence-corrected chi connectivity index (χ3v) is 7.56. The Morgan fingerprint density at radius 1 is 1.24 bits per heavy atom. The van der Waals surface area contributed by atoms with Crippen LogP contribution < -0.4 is 0 Å². The molecule has 0 bridgehead atoms. The molecule has 3 atom stereocenters. The molecule has 9 heteroatoms. The summed E-state index contributed by atoms with van der Waals surface area (Å²) in [7, 11) is 3.32. The molecular formula is C24H27Cl2N3O4. The first-order valence-corrected chi connectivity index (χ1v) is 11.7. The van der Waals surface area contributed by atoms with E-state index in [2.05, 4.69) is 4.99 Å². The Balaban J connectivity index is 1.66. The predicted octanol–water partition coefficient (Wildman–Crippen LogP) is 3.72. The van der Waals surface area contributed by atoms with Gasteiger partial charge in [0.05, 0.1) is 22.6 Å². The Morgan fingerprint density at radius 2 is 1.97 bits per heavy atom. The van der Waals surface area contributed by atoms with Gasteiger partial charge in [0, 0.05) is 62.4 Å². The predicted molar refractivity (Wildman–Crippen MR) is 127 cm³/mol. The van der Waals surface area contributed by atoms with Gasteiger partial charge in [0.1, 0.15) is 0 Å². The van der Waals surface area contributed by atoms with Gasteiger partial charge in [0.15, 0.2) is 0 Å². The third kappa shape index (κ3) is 4.34. The van der Waals surface area contributed by atoms with Crippen LogP contribution in [0.2, 0.25) is 10.0 Å². The number of methoxy groups -OCH3 is 1. The Kier molecular flexibility index (Phi) is 6.67. The Labute approximate surface area is 203 Å². The number of likely N-dealkylation sites (tertiary alicyclic amines) is 1. The maximum absolute atomic E-state index is 13.5. The Hall–Kier alpha value is -2.22. The van der Waals surface area contributed by atoms with E-state index in [1.165, 1.54) is 0 Å². The van der Waals surface area contributed by atoms with E-state index in [1.54, 1.807) is 36.9 Å². The van der Waals surface area contributed by atoms with Gasteiger partial charge in [-0.25, -0.2) is 4.99 Å². The van der Waals surface area contributed by atoms with Gasteiger partial charge in [-0.15, -0.1) is 0 Å². The molecule has 1 aromatic rings. The van der Waals surface area contributed by atoms with Gasteiger partial charge in [-0.2, -0.15) is 0 Å².